The molecular formula is C14H11Cl2F6N3S. The summed E-state index contributed by atoms with van der Waals surface area (Å²) in [5.41, 5.74) is -5.77. The molecule has 0 atom stereocenters. The molecule has 0 radical (unpaired) electrons. The van der Waals surface area contributed by atoms with Crippen molar-refractivity contribution in [2.45, 2.75) is 30.4 Å². The lowest BCUT2D eigenvalue weighted by atomic mass is 10.2. The number of aromatic nitrogens is 2. The van der Waals surface area contributed by atoms with E-state index in [0.717, 1.165) is 4.68 Å². The quantitative estimate of drug-likeness (QED) is 0.434. The SMILES string of the molecule is CCNc1c(SC(F)(F)F)c(C)nn1-c1c(Cl)cc(C(F)(F)F)cc1Cl. The Morgan fingerprint density at radius 1 is 1.12 bits per heavy atom. The minimum Gasteiger partial charge on any atom is -0.369 e. The van der Waals surface area contributed by atoms with Crippen molar-refractivity contribution < 1.29 is 26.3 Å². The molecule has 0 unspecified atom stereocenters. The van der Waals surface area contributed by atoms with Gasteiger partial charge < -0.3 is 5.32 Å². The molecule has 0 aliphatic heterocycles. The van der Waals surface area contributed by atoms with Crippen molar-refractivity contribution in [3.63, 3.8) is 0 Å². The molecule has 0 saturated heterocycles. The molecule has 0 aliphatic carbocycles. The Bertz CT molecular complexity index is 793. The molecule has 0 saturated carbocycles. The molecule has 0 fully saturated rings. The number of rotatable bonds is 4. The van der Waals surface area contributed by atoms with E-state index >= 15 is 0 Å². The van der Waals surface area contributed by atoms with Gasteiger partial charge in [0.05, 0.1) is 26.2 Å². The van der Waals surface area contributed by atoms with Gasteiger partial charge in [-0.1, -0.05) is 23.2 Å². The molecule has 1 aromatic carbocycles. The fourth-order valence-corrected chi connectivity index (χ4v) is 3.49. The van der Waals surface area contributed by atoms with Crippen LogP contribution in [0.4, 0.5) is 32.2 Å². The van der Waals surface area contributed by atoms with Gasteiger partial charge in [-0.3, -0.25) is 0 Å². The predicted molar refractivity (Wildman–Crippen MR) is 89.4 cm³/mol. The summed E-state index contributed by atoms with van der Waals surface area (Å²) in [6.45, 7) is 3.23. The van der Waals surface area contributed by atoms with Gasteiger partial charge in [0.25, 0.3) is 0 Å². The molecule has 12 heteroatoms. The van der Waals surface area contributed by atoms with Crippen LogP contribution in [-0.4, -0.2) is 21.8 Å². The molecule has 0 spiro atoms. The van der Waals surface area contributed by atoms with Crippen molar-refractivity contribution in [3.8, 4) is 5.69 Å². The summed E-state index contributed by atoms with van der Waals surface area (Å²) < 4.78 is 78.0. The van der Waals surface area contributed by atoms with Crippen LogP contribution in [0.15, 0.2) is 17.0 Å². The molecule has 1 N–H and O–H groups in total. The first kappa shape index (κ1) is 21.0. The maximum Gasteiger partial charge on any atom is 0.446 e. The van der Waals surface area contributed by atoms with E-state index in [1.165, 1.54) is 6.92 Å². The van der Waals surface area contributed by atoms with Crippen LogP contribution in [0.1, 0.15) is 18.2 Å². The Morgan fingerprint density at radius 3 is 2.08 bits per heavy atom. The second-order valence-corrected chi connectivity index (χ2v) is 6.93. The molecule has 26 heavy (non-hydrogen) atoms. The maximum absolute atomic E-state index is 12.9. The van der Waals surface area contributed by atoms with E-state index in [-0.39, 0.29) is 40.4 Å². The summed E-state index contributed by atoms with van der Waals surface area (Å²) in [7, 11) is 0. The summed E-state index contributed by atoms with van der Waals surface area (Å²) in [5.74, 6) is -0.0594. The highest BCUT2D eigenvalue weighted by molar-refractivity contribution is 8.00. The average Bonchev–Trinajstić information content (AvgIpc) is 2.73. The first-order valence-corrected chi connectivity index (χ1v) is 8.58. The van der Waals surface area contributed by atoms with Crippen molar-refractivity contribution >= 4 is 40.8 Å². The first-order valence-electron chi connectivity index (χ1n) is 7.01. The third kappa shape index (κ3) is 4.52. The van der Waals surface area contributed by atoms with E-state index in [9.17, 15) is 26.3 Å². The Hall–Kier alpha value is -1.26. The number of nitrogens with zero attached hydrogens (tertiary/aromatic N) is 2. The molecule has 1 heterocycles. The van der Waals surface area contributed by atoms with Gasteiger partial charge in [-0.25, -0.2) is 4.68 Å². The number of aryl methyl sites for hydroxylation is 1. The number of benzene rings is 1. The van der Waals surface area contributed by atoms with Gasteiger partial charge in [-0.05, 0) is 37.7 Å². The summed E-state index contributed by atoms with van der Waals surface area (Å²) in [6, 6.07) is 1.29. The predicted octanol–water partition coefficient (Wildman–Crippen LogP) is 6.55. The van der Waals surface area contributed by atoms with E-state index in [4.69, 9.17) is 23.2 Å². The summed E-state index contributed by atoms with van der Waals surface area (Å²) in [6.07, 6.45) is -4.67. The summed E-state index contributed by atoms with van der Waals surface area (Å²) >= 11 is 11.5. The molecule has 2 aromatic rings. The van der Waals surface area contributed by atoms with E-state index in [0.29, 0.717) is 12.1 Å². The van der Waals surface area contributed by atoms with Crippen LogP contribution in [0.5, 0.6) is 0 Å². The maximum atomic E-state index is 12.9. The molecular weight excluding hydrogens is 427 g/mol. The zero-order valence-electron chi connectivity index (χ0n) is 13.2. The van der Waals surface area contributed by atoms with E-state index in [1.54, 1.807) is 6.92 Å². The van der Waals surface area contributed by atoms with Crippen LogP contribution < -0.4 is 5.32 Å². The summed E-state index contributed by atoms with van der Waals surface area (Å²) in [5, 5.41) is 5.92. The molecule has 0 bridgehead atoms. The smallest absolute Gasteiger partial charge is 0.369 e. The normalized spacial score (nSPS) is 12.5. The fraction of sp³-hybridized carbons (Fsp3) is 0.357. The van der Waals surface area contributed by atoms with Gasteiger partial charge in [0.1, 0.15) is 11.5 Å². The Labute approximate surface area is 158 Å². The number of anilines is 1. The number of halogens is 8. The van der Waals surface area contributed by atoms with Crippen molar-refractivity contribution in [2.75, 3.05) is 11.9 Å². The second kappa shape index (κ2) is 7.40. The average molecular weight is 438 g/mol. The van der Waals surface area contributed by atoms with Crippen molar-refractivity contribution in [1.82, 2.24) is 9.78 Å². The Balaban J connectivity index is 2.67. The zero-order chi connectivity index (χ0) is 19.9. The topological polar surface area (TPSA) is 29.9 Å². The molecule has 144 valence electrons. The molecule has 3 nitrogen and oxygen atoms in total. The van der Waals surface area contributed by atoms with Gasteiger partial charge >= 0.3 is 11.7 Å². The number of thioether (sulfide) groups is 1. The van der Waals surface area contributed by atoms with Crippen LogP contribution >= 0.6 is 35.0 Å². The number of hydrogen-bond donors (Lipinski definition) is 1. The molecule has 1 aromatic heterocycles. The summed E-state index contributed by atoms with van der Waals surface area (Å²) in [4.78, 5) is -0.216. The van der Waals surface area contributed by atoms with Gasteiger partial charge in [0, 0.05) is 6.54 Å². The molecule has 0 aliphatic rings. The second-order valence-electron chi connectivity index (χ2n) is 5.04. The van der Waals surface area contributed by atoms with Gasteiger partial charge in [-0.2, -0.15) is 31.4 Å². The fourth-order valence-electron chi connectivity index (χ4n) is 2.17. The molecule has 2 rings (SSSR count). The molecule has 0 amide bonds. The standard InChI is InChI=1S/C14H11Cl2F6N3S/c1-3-23-12-11(26-14(20,21)22)6(2)24-25(12)10-8(15)4-7(5-9(10)16)13(17,18)19/h4-5,23H,3H2,1-2H3. The van der Waals surface area contributed by atoms with Crippen molar-refractivity contribution in [1.29, 1.82) is 0 Å². The van der Waals surface area contributed by atoms with Crippen molar-refractivity contribution in [3.05, 3.63) is 33.4 Å². The van der Waals surface area contributed by atoms with Gasteiger partial charge in [0.2, 0.25) is 0 Å². The highest BCUT2D eigenvalue weighted by Gasteiger charge is 2.35. The van der Waals surface area contributed by atoms with Crippen LogP contribution in [0.2, 0.25) is 10.0 Å². The third-order valence-corrected chi connectivity index (χ3v) is 4.62. The highest BCUT2D eigenvalue weighted by atomic mass is 35.5. The van der Waals surface area contributed by atoms with Crippen molar-refractivity contribution in [2.24, 2.45) is 0 Å². The number of nitrogens with one attached hydrogen (secondary N) is 1. The third-order valence-electron chi connectivity index (χ3n) is 3.12. The van der Waals surface area contributed by atoms with Crippen LogP contribution in [0.3, 0.4) is 0 Å². The first-order chi connectivity index (χ1) is 11.8. The van der Waals surface area contributed by atoms with E-state index in [2.05, 4.69) is 10.4 Å². The monoisotopic (exact) mass is 437 g/mol. The Kier molecular flexibility index (Phi) is 5.99. The van der Waals surface area contributed by atoms with Gasteiger partial charge in [0.15, 0.2) is 0 Å². The lowest BCUT2D eigenvalue weighted by Gasteiger charge is -2.15. The van der Waals surface area contributed by atoms with Crippen LogP contribution in [0.25, 0.3) is 5.69 Å². The highest BCUT2D eigenvalue weighted by Crippen LogP contribution is 2.45. The van der Waals surface area contributed by atoms with Gasteiger partial charge in [-0.15, -0.1) is 0 Å². The lowest BCUT2D eigenvalue weighted by molar-refractivity contribution is -0.137. The minimum absolute atomic E-state index is 0.0234. The van der Waals surface area contributed by atoms with E-state index < -0.39 is 27.3 Å². The zero-order valence-corrected chi connectivity index (χ0v) is 15.5. The van der Waals surface area contributed by atoms with E-state index in [1.807, 2.05) is 0 Å². The largest absolute Gasteiger partial charge is 0.446 e. The van der Waals surface area contributed by atoms with Crippen LogP contribution in [0, 0.1) is 6.92 Å². The van der Waals surface area contributed by atoms with Crippen LogP contribution in [-0.2, 0) is 6.18 Å². The number of alkyl halides is 6. The lowest BCUT2D eigenvalue weighted by Crippen LogP contribution is -2.10. The number of hydrogen-bond acceptors (Lipinski definition) is 3. The Morgan fingerprint density at radius 2 is 1.65 bits per heavy atom. The minimum atomic E-state index is -4.67.